The van der Waals surface area contributed by atoms with Gasteiger partial charge in [0.25, 0.3) is 0 Å². The molecule has 132 valence electrons. The number of hydrogen-bond donors (Lipinski definition) is 2. The highest BCUT2D eigenvalue weighted by atomic mass is 127. The van der Waals surface area contributed by atoms with E-state index in [0.717, 1.165) is 19.1 Å². The van der Waals surface area contributed by atoms with Crippen LogP contribution in [0, 0.1) is 0 Å². The Balaban J connectivity index is 0.00000441. The average Bonchev–Trinajstić information content (AvgIpc) is 2.75. The summed E-state index contributed by atoms with van der Waals surface area (Å²) in [6.07, 6.45) is 8.25. The summed E-state index contributed by atoms with van der Waals surface area (Å²) in [5.41, 5.74) is -0.200. The third kappa shape index (κ3) is 9.84. The number of guanidine groups is 1. The molecule has 0 atom stereocenters. The van der Waals surface area contributed by atoms with E-state index in [0.29, 0.717) is 12.6 Å². The molecule has 22 heavy (non-hydrogen) atoms. The van der Waals surface area contributed by atoms with Crippen LogP contribution in [0.4, 0.5) is 0 Å². The first-order valence-electron chi connectivity index (χ1n) is 8.18. The zero-order chi connectivity index (χ0) is 15.6. The molecule has 1 rings (SSSR count). The van der Waals surface area contributed by atoms with Crippen LogP contribution in [0.2, 0.25) is 0 Å². The van der Waals surface area contributed by atoms with Crippen molar-refractivity contribution in [2.24, 2.45) is 4.99 Å². The Kier molecular flexibility index (Phi) is 12.3. The molecule has 1 aliphatic rings. The Morgan fingerprint density at radius 2 is 1.77 bits per heavy atom. The quantitative estimate of drug-likeness (QED) is 0.216. The number of methoxy groups -OCH3 is 1. The standard InChI is InChI=1S/C16H33N3O2.HI/c1-16(2,20-4)13-19-15(17-3)18-11-12-21-14-9-7-5-6-8-10-14;/h14H,5-13H2,1-4H3,(H2,17,18,19);1H. The van der Waals surface area contributed by atoms with E-state index in [2.05, 4.69) is 15.6 Å². The molecule has 0 spiro atoms. The van der Waals surface area contributed by atoms with Crippen LogP contribution in [0.3, 0.4) is 0 Å². The predicted molar refractivity (Wildman–Crippen MR) is 103 cm³/mol. The molecule has 0 aliphatic heterocycles. The van der Waals surface area contributed by atoms with Gasteiger partial charge in [-0.25, -0.2) is 0 Å². The second-order valence-electron chi connectivity index (χ2n) is 6.30. The molecule has 0 unspecified atom stereocenters. The number of halogens is 1. The zero-order valence-corrected chi connectivity index (χ0v) is 16.9. The first-order chi connectivity index (χ1) is 10.1. The molecule has 2 N–H and O–H groups in total. The highest BCUT2D eigenvalue weighted by molar-refractivity contribution is 14.0. The number of aliphatic imine (C=N–C) groups is 1. The van der Waals surface area contributed by atoms with Gasteiger partial charge in [0.05, 0.1) is 18.3 Å². The molecule has 5 nitrogen and oxygen atoms in total. The maximum atomic E-state index is 5.95. The smallest absolute Gasteiger partial charge is 0.191 e. The molecular weight excluding hydrogens is 393 g/mol. The summed E-state index contributed by atoms with van der Waals surface area (Å²) in [5.74, 6) is 0.796. The lowest BCUT2D eigenvalue weighted by Crippen LogP contribution is -2.46. The molecule has 0 radical (unpaired) electrons. The molecule has 0 aromatic carbocycles. The summed E-state index contributed by atoms with van der Waals surface area (Å²) in [6.45, 7) is 6.32. The summed E-state index contributed by atoms with van der Waals surface area (Å²) < 4.78 is 11.3. The first kappa shape index (κ1) is 21.9. The lowest BCUT2D eigenvalue weighted by atomic mass is 10.1. The molecule has 0 bridgehead atoms. The van der Waals surface area contributed by atoms with Gasteiger partial charge in [-0.3, -0.25) is 4.99 Å². The minimum absolute atomic E-state index is 0. The average molecular weight is 427 g/mol. The Labute approximate surface area is 153 Å². The molecule has 1 saturated carbocycles. The topological polar surface area (TPSA) is 54.9 Å². The van der Waals surface area contributed by atoms with E-state index in [1.807, 2.05) is 13.8 Å². The summed E-state index contributed by atoms with van der Waals surface area (Å²) in [4.78, 5) is 4.21. The fraction of sp³-hybridized carbons (Fsp3) is 0.938. The summed E-state index contributed by atoms with van der Waals surface area (Å²) >= 11 is 0. The molecule has 6 heteroatoms. The van der Waals surface area contributed by atoms with E-state index >= 15 is 0 Å². The lowest BCUT2D eigenvalue weighted by molar-refractivity contribution is 0.0267. The van der Waals surface area contributed by atoms with Crippen molar-refractivity contribution < 1.29 is 9.47 Å². The Morgan fingerprint density at radius 1 is 1.14 bits per heavy atom. The van der Waals surface area contributed by atoms with Gasteiger partial charge in [-0.15, -0.1) is 24.0 Å². The number of nitrogens with zero attached hydrogens (tertiary/aromatic N) is 1. The Bertz CT molecular complexity index is 304. The van der Waals surface area contributed by atoms with Crippen molar-refractivity contribution >= 4 is 29.9 Å². The predicted octanol–water partition coefficient (Wildman–Crippen LogP) is 2.93. The Morgan fingerprint density at radius 3 is 2.32 bits per heavy atom. The number of hydrogen-bond acceptors (Lipinski definition) is 3. The summed E-state index contributed by atoms with van der Waals surface area (Å²) in [7, 11) is 3.50. The van der Waals surface area contributed by atoms with Gasteiger partial charge in [0.15, 0.2) is 5.96 Å². The van der Waals surface area contributed by atoms with Crippen LogP contribution < -0.4 is 10.6 Å². The minimum atomic E-state index is -0.200. The third-order valence-electron chi connectivity index (χ3n) is 4.01. The van der Waals surface area contributed by atoms with Crippen LogP contribution in [0.25, 0.3) is 0 Å². The number of rotatable bonds is 7. The molecule has 0 aromatic rings. The van der Waals surface area contributed by atoms with Gasteiger partial charge in [-0.2, -0.15) is 0 Å². The van der Waals surface area contributed by atoms with Crippen molar-refractivity contribution in [3.05, 3.63) is 0 Å². The fourth-order valence-electron chi connectivity index (χ4n) is 2.39. The minimum Gasteiger partial charge on any atom is -0.377 e. The highest BCUT2D eigenvalue weighted by Crippen LogP contribution is 2.19. The fourth-order valence-corrected chi connectivity index (χ4v) is 2.39. The van der Waals surface area contributed by atoms with Crippen molar-refractivity contribution in [1.29, 1.82) is 0 Å². The maximum Gasteiger partial charge on any atom is 0.191 e. The van der Waals surface area contributed by atoms with Crippen LogP contribution in [0.5, 0.6) is 0 Å². The van der Waals surface area contributed by atoms with E-state index in [-0.39, 0.29) is 29.6 Å². The molecule has 1 aliphatic carbocycles. The van der Waals surface area contributed by atoms with Gasteiger partial charge in [-0.1, -0.05) is 25.7 Å². The molecule has 1 fully saturated rings. The van der Waals surface area contributed by atoms with E-state index < -0.39 is 0 Å². The van der Waals surface area contributed by atoms with E-state index in [9.17, 15) is 0 Å². The Hall–Kier alpha value is -0.0800. The lowest BCUT2D eigenvalue weighted by Gasteiger charge is -2.24. The van der Waals surface area contributed by atoms with Gasteiger partial charge in [0.1, 0.15) is 0 Å². The molecule has 0 aromatic heterocycles. The number of nitrogens with one attached hydrogen (secondary N) is 2. The van der Waals surface area contributed by atoms with E-state index in [1.165, 1.54) is 38.5 Å². The molecule has 0 amide bonds. The molecule has 0 heterocycles. The first-order valence-corrected chi connectivity index (χ1v) is 8.18. The van der Waals surface area contributed by atoms with Crippen molar-refractivity contribution in [2.75, 3.05) is 33.9 Å². The van der Waals surface area contributed by atoms with E-state index in [1.54, 1.807) is 14.2 Å². The van der Waals surface area contributed by atoms with Crippen LogP contribution in [0.1, 0.15) is 52.4 Å². The monoisotopic (exact) mass is 427 g/mol. The zero-order valence-electron chi connectivity index (χ0n) is 14.6. The molecule has 0 saturated heterocycles. The number of ether oxygens (including phenoxy) is 2. The van der Waals surface area contributed by atoms with Crippen LogP contribution >= 0.6 is 24.0 Å². The van der Waals surface area contributed by atoms with Crippen molar-refractivity contribution in [3.63, 3.8) is 0 Å². The normalized spacial score (nSPS) is 17.5. The van der Waals surface area contributed by atoms with Gasteiger partial charge < -0.3 is 20.1 Å². The van der Waals surface area contributed by atoms with Gasteiger partial charge in [0.2, 0.25) is 0 Å². The summed E-state index contributed by atoms with van der Waals surface area (Å²) in [6, 6.07) is 0. The molecular formula is C16H34IN3O2. The van der Waals surface area contributed by atoms with Gasteiger partial charge in [-0.05, 0) is 26.7 Å². The second kappa shape index (κ2) is 12.4. The van der Waals surface area contributed by atoms with Gasteiger partial charge >= 0.3 is 0 Å². The largest absolute Gasteiger partial charge is 0.377 e. The van der Waals surface area contributed by atoms with Crippen molar-refractivity contribution in [3.8, 4) is 0 Å². The van der Waals surface area contributed by atoms with Crippen molar-refractivity contribution in [2.45, 2.75) is 64.1 Å². The van der Waals surface area contributed by atoms with Crippen molar-refractivity contribution in [1.82, 2.24) is 10.6 Å². The van der Waals surface area contributed by atoms with E-state index in [4.69, 9.17) is 9.47 Å². The van der Waals surface area contributed by atoms with Crippen LogP contribution in [0.15, 0.2) is 4.99 Å². The van der Waals surface area contributed by atoms with Crippen LogP contribution in [-0.2, 0) is 9.47 Å². The third-order valence-corrected chi connectivity index (χ3v) is 4.01. The van der Waals surface area contributed by atoms with Crippen LogP contribution in [-0.4, -0.2) is 51.5 Å². The second-order valence-corrected chi connectivity index (χ2v) is 6.30. The SMILES string of the molecule is CN=C(NCCOC1CCCCCC1)NCC(C)(C)OC.I. The summed E-state index contributed by atoms with van der Waals surface area (Å²) in [5, 5.41) is 6.55. The van der Waals surface area contributed by atoms with Gasteiger partial charge in [0, 0.05) is 27.2 Å². The highest BCUT2D eigenvalue weighted by Gasteiger charge is 2.16. The maximum absolute atomic E-state index is 5.95.